The van der Waals surface area contributed by atoms with Crippen LogP contribution in [0.2, 0.25) is 0 Å². The number of hydrogen-bond acceptors (Lipinski definition) is 1. The van der Waals surface area contributed by atoms with E-state index in [-0.39, 0.29) is 0 Å². The van der Waals surface area contributed by atoms with Crippen molar-refractivity contribution in [2.45, 2.75) is 0 Å². The SMILES string of the molecule is C1=CC(=Cc2ccccn2)C=C1. The molecule has 1 aromatic rings. The first kappa shape index (κ1) is 7.04. The number of nitrogens with zero attached hydrogens (tertiary/aromatic N) is 1. The molecule has 1 aliphatic rings. The van der Waals surface area contributed by atoms with Crippen LogP contribution in [-0.2, 0) is 0 Å². The van der Waals surface area contributed by atoms with E-state index in [1.807, 2.05) is 30.4 Å². The topological polar surface area (TPSA) is 12.9 Å². The van der Waals surface area contributed by atoms with Gasteiger partial charge in [0.1, 0.15) is 0 Å². The molecule has 0 saturated heterocycles. The lowest BCUT2D eigenvalue weighted by Gasteiger charge is -1.91. The molecular formula is C11H9N. The van der Waals surface area contributed by atoms with Gasteiger partial charge in [0.15, 0.2) is 0 Å². The number of allylic oxidation sites excluding steroid dienone is 5. The number of rotatable bonds is 1. The third kappa shape index (κ3) is 1.51. The first-order valence-corrected chi connectivity index (χ1v) is 3.93. The highest BCUT2D eigenvalue weighted by Gasteiger charge is 1.92. The van der Waals surface area contributed by atoms with E-state index in [0.29, 0.717) is 0 Å². The van der Waals surface area contributed by atoms with Gasteiger partial charge in [0, 0.05) is 6.20 Å². The van der Waals surface area contributed by atoms with Crippen LogP contribution < -0.4 is 0 Å². The maximum atomic E-state index is 4.20. The molecule has 0 aliphatic heterocycles. The van der Waals surface area contributed by atoms with E-state index in [2.05, 4.69) is 23.2 Å². The molecule has 1 heteroatoms. The summed E-state index contributed by atoms with van der Waals surface area (Å²) in [6.45, 7) is 0. The summed E-state index contributed by atoms with van der Waals surface area (Å²) in [5.41, 5.74) is 2.21. The lowest BCUT2D eigenvalue weighted by molar-refractivity contribution is 1.29. The molecule has 0 aromatic carbocycles. The van der Waals surface area contributed by atoms with Gasteiger partial charge in [-0.1, -0.05) is 30.4 Å². The van der Waals surface area contributed by atoms with Crippen LogP contribution in [0.4, 0.5) is 0 Å². The largest absolute Gasteiger partial charge is 0.257 e. The number of aromatic nitrogens is 1. The Morgan fingerprint density at radius 2 is 1.92 bits per heavy atom. The van der Waals surface area contributed by atoms with E-state index in [0.717, 1.165) is 5.69 Å². The molecule has 12 heavy (non-hydrogen) atoms. The van der Waals surface area contributed by atoms with Crippen LogP contribution in [0.15, 0.2) is 54.3 Å². The second-order valence-electron chi connectivity index (χ2n) is 2.62. The lowest BCUT2D eigenvalue weighted by Crippen LogP contribution is -1.77. The Balaban J connectivity index is 2.29. The molecule has 2 rings (SSSR count). The normalized spacial score (nSPS) is 13.8. The maximum Gasteiger partial charge on any atom is 0.0635 e. The Kier molecular flexibility index (Phi) is 1.87. The predicted molar refractivity (Wildman–Crippen MR) is 50.5 cm³/mol. The summed E-state index contributed by atoms with van der Waals surface area (Å²) >= 11 is 0. The van der Waals surface area contributed by atoms with Crippen LogP contribution in [0, 0.1) is 0 Å². The maximum absolute atomic E-state index is 4.20. The molecule has 0 fully saturated rings. The Labute approximate surface area is 71.8 Å². The van der Waals surface area contributed by atoms with Gasteiger partial charge in [-0.3, -0.25) is 4.98 Å². The smallest absolute Gasteiger partial charge is 0.0635 e. The monoisotopic (exact) mass is 155 g/mol. The van der Waals surface area contributed by atoms with Gasteiger partial charge in [-0.15, -0.1) is 0 Å². The van der Waals surface area contributed by atoms with Crippen molar-refractivity contribution in [1.29, 1.82) is 0 Å². The molecular weight excluding hydrogens is 146 g/mol. The lowest BCUT2D eigenvalue weighted by atomic mass is 10.2. The molecule has 58 valence electrons. The standard InChI is InChI=1S/C11H9N/c1-2-6-10(5-1)9-11-7-3-4-8-12-11/h1-9H. The van der Waals surface area contributed by atoms with Gasteiger partial charge >= 0.3 is 0 Å². The van der Waals surface area contributed by atoms with Crippen molar-refractivity contribution in [3.63, 3.8) is 0 Å². The fourth-order valence-electron chi connectivity index (χ4n) is 1.12. The molecule has 0 unspecified atom stereocenters. The molecule has 0 radical (unpaired) electrons. The average Bonchev–Trinajstić information content (AvgIpc) is 2.59. The molecule has 0 bridgehead atoms. The third-order valence-electron chi connectivity index (χ3n) is 1.69. The molecule has 0 amide bonds. The number of hydrogen-bond donors (Lipinski definition) is 0. The van der Waals surface area contributed by atoms with Gasteiger partial charge in [0.25, 0.3) is 0 Å². The van der Waals surface area contributed by atoms with Gasteiger partial charge in [0.2, 0.25) is 0 Å². The summed E-state index contributed by atoms with van der Waals surface area (Å²) in [4.78, 5) is 4.20. The fourth-order valence-corrected chi connectivity index (χ4v) is 1.12. The Bertz CT molecular complexity index is 331. The molecule has 1 heterocycles. The third-order valence-corrected chi connectivity index (χ3v) is 1.69. The minimum absolute atomic E-state index is 1.00. The van der Waals surface area contributed by atoms with Crippen LogP contribution in [0.1, 0.15) is 5.69 Å². The molecule has 1 nitrogen and oxygen atoms in total. The van der Waals surface area contributed by atoms with Crippen LogP contribution in [0.3, 0.4) is 0 Å². The highest BCUT2D eigenvalue weighted by Crippen LogP contribution is 2.10. The predicted octanol–water partition coefficient (Wildman–Crippen LogP) is 2.59. The van der Waals surface area contributed by atoms with Gasteiger partial charge in [-0.05, 0) is 23.8 Å². The van der Waals surface area contributed by atoms with Crippen LogP contribution in [0.25, 0.3) is 6.08 Å². The first-order valence-electron chi connectivity index (χ1n) is 3.93. The number of pyridine rings is 1. The molecule has 1 aliphatic carbocycles. The summed E-state index contributed by atoms with van der Waals surface area (Å²) in [6, 6.07) is 5.90. The van der Waals surface area contributed by atoms with E-state index < -0.39 is 0 Å². The first-order chi connectivity index (χ1) is 5.95. The second kappa shape index (κ2) is 3.18. The molecule has 0 atom stereocenters. The van der Waals surface area contributed by atoms with Crippen LogP contribution >= 0.6 is 0 Å². The Morgan fingerprint density at radius 3 is 2.58 bits per heavy atom. The van der Waals surface area contributed by atoms with Crippen molar-refractivity contribution in [3.05, 3.63) is 60.0 Å². The molecule has 0 saturated carbocycles. The van der Waals surface area contributed by atoms with Gasteiger partial charge in [-0.25, -0.2) is 0 Å². The highest BCUT2D eigenvalue weighted by atomic mass is 14.6. The van der Waals surface area contributed by atoms with E-state index >= 15 is 0 Å². The van der Waals surface area contributed by atoms with Crippen LogP contribution in [0.5, 0.6) is 0 Å². The Morgan fingerprint density at radius 1 is 1.08 bits per heavy atom. The summed E-state index contributed by atoms with van der Waals surface area (Å²) in [7, 11) is 0. The van der Waals surface area contributed by atoms with Gasteiger partial charge in [-0.2, -0.15) is 0 Å². The minimum Gasteiger partial charge on any atom is -0.257 e. The van der Waals surface area contributed by atoms with Crippen molar-refractivity contribution in [2.75, 3.05) is 0 Å². The van der Waals surface area contributed by atoms with Crippen molar-refractivity contribution in [3.8, 4) is 0 Å². The summed E-state index contributed by atoms with van der Waals surface area (Å²) < 4.78 is 0. The summed E-state index contributed by atoms with van der Waals surface area (Å²) in [5.74, 6) is 0. The zero-order valence-corrected chi connectivity index (χ0v) is 6.64. The van der Waals surface area contributed by atoms with E-state index in [1.54, 1.807) is 6.20 Å². The Hall–Kier alpha value is -1.63. The zero-order chi connectivity index (χ0) is 8.23. The molecule has 0 spiro atoms. The van der Waals surface area contributed by atoms with E-state index in [1.165, 1.54) is 5.57 Å². The van der Waals surface area contributed by atoms with Crippen molar-refractivity contribution in [1.82, 2.24) is 4.98 Å². The van der Waals surface area contributed by atoms with Gasteiger partial charge < -0.3 is 0 Å². The van der Waals surface area contributed by atoms with Gasteiger partial charge in [0.05, 0.1) is 5.69 Å². The highest BCUT2D eigenvalue weighted by molar-refractivity contribution is 5.59. The van der Waals surface area contributed by atoms with Crippen molar-refractivity contribution in [2.24, 2.45) is 0 Å². The van der Waals surface area contributed by atoms with Crippen molar-refractivity contribution >= 4 is 6.08 Å². The summed E-state index contributed by atoms with van der Waals surface area (Å²) in [6.07, 6.45) is 12.0. The van der Waals surface area contributed by atoms with E-state index in [9.17, 15) is 0 Å². The zero-order valence-electron chi connectivity index (χ0n) is 6.64. The van der Waals surface area contributed by atoms with Crippen LogP contribution in [-0.4, -0.2) is 4.98 Å². The van der Waals surface area contributed by atoms with E-state index in [4.69, 9.17) is 0 Å². The quantitative estimate of drug-likeness (QED) is 0.607. The van der Waals surface area contributed by atoms with Crippen molar-refractivity contribution < 1.29 is 0 Å². The summed E-state index contributed by atoms with van der Waals surface area (Å²) in [5, 5.41) is 0. The average molecular weight is 155 g/mol. The molecule has 0 N–H and O–H groups in total. The fraction of sp³-hybridized carbons (Fsp3) is 0. The molecule has 1 aromatic heterocycles. The second-order valence-corrected chi connectivity index (χ2v) is 2.62. The minimum atomic E-state index is 1.00.